The van der Waals surface area contributed by atoms with Crippen LogP contribution in [0.2, 0.25) is 10.0 Å². The Bertz CT molecular complexity index is 970. The molecule has 0 aliphatic heterocycles. The van der Waals surface area contributed by atoms with Crippen molar-refractivity contribution in [2.75, 3.05) is 5.32 Å². The van der Waals surface area contributed by atoms with Gasteiger partial charge in [-0.25, -0.2) is 8.78 Å². The highest BCUT2D eigenvalue weighted by atomic mass is 35.5. The first-order chi connectivity index (χ1) is 12.8. The predicted molar refractivity (Wildman–Crippen MR) is 98.3 cm³/mol. The quantitative estimate of drug-likeness (QED) is 0.654. The van der Waals surface area contributed by atoms with Crippen LogP contribution in [0, 0.1) is 6.92 Å². The largest absolute Gasteiger partial charge is 0.322 e. The van der Waals surface area contributed by atoms with E-state index in [1.165, 1.54) is 12.3 Å². The van der Waals surface area contributed by atoms with E-state index in [0.29, 0.717) is 28.0 Å². The van der Waals surface area contributed by atoms with Gasteiger partial charge in [0.1, 0.15) is 12.2 Å². The summed E-state index contributed by atoms with van der Waals surface area (Å²) in [4.78, 5) is 12.1. The van der Waals surface area contributed by atoms with Gasteiger partial charge in [-0.3, -0.25) is 14.2 Å². The van der Waals surface area contributed by atoms with E-state index < -0.39 is 12.3 Å². The van der Waals surface area contributed by atoms with Crippen molar-refractivity contribution in [1.29, 1.82) is 0 Å². The Morgan fingerprint density at radius 3 is 2.74 bits per heavy atom. The summed E-state index contributed by atoms with van der Waals surface area (Å²) >= 11 is 11.9. The van der Waals surface area contributed by atoms with Gasteiger partial charge >= 0.3 is 0 Å². The summed E-state index contributed by atoms with van der Waals surface area (Å²) in [5.74, 6) is -0.478. The van der Waals surface area contributed by atoms with Gasteiger partial charge < -0.3 is 5.32 Å². The fourth-order valence-electron chi connectivity index (χ4n) is 2.54. The summed E-state index contributed by atoms with van der Waals surface area (Å²) in [6, 6.07) is 6.50. The molecule has 1 N–H and O–H groups in total. The van der Waals surface area contributed by atoms with Crippen LogP contribution in [0.3, 0.4) is 0 Å². The van der Waals surface area contributed by atoms with Crippen LogP contribution >= 0.6 is 23.2 Å². The summed E-state index contributed by atoms with van der Waals surface area (Å²) in [6.45, 7) is 1.71. The van der Waals surface area contributed by atoms with Gasteiger partial charge in [0.2, 0.25) is 5.91 Å². The molecule has 0 unspecified atom stereocenters. The van der Waals surface area contributed by atoms with Crippen molar-refractivity contribution >= 4 is 34.8 Å². The van der Waals surface area contributed by atoms with Crippen LogP contribution in [0.1, 0.15) is 23.4 Å². The summed E-state index contributed by atoms with van der Waals surface area (Å²) in [7, 11) is 0. The molecule has 0 aliphatic carbocycles. The molecule has 0 saturated carbocycles. The standard InChI is InChI=1S/C17H15Cl2F2N5O/c1-10-4-15(17(20)21)26(24-10)9-16(27)23-12-6-22-25(8-12)7-11-2-3-13(18)14(19)5-11/h2-6,8,17H,7,9H2,1H3,(H,23,27). The van der Waals surface area contributed by atoms with Gasteiger partial charge in [0.25, 0.3) is 6.43 Å². The van der Waals surface area contributed by atoms with Gasteiger partial charge in [0.05, 0.1) is 34.2 Å². The van der Waals surface area contributed by atoms with E-state index in [9.17, 15) is 13.6 Å². The van der Waals surface area contributed by atoms with Crippen molar-refractivity contribution in [2.24, 2.45) is 0 Å². The van der Waals surface area contributed by atoms with E-state index >= 15 is 0 Å². The lowest BCUT2D eigenvalue weighted by Gasteiger charge is -2.07. The minimum Gasteiger partial charge on any atom is -0.322 e. The van der Waals surface area contributed by atoms with Crippen LogP contribution in [0.5, 0.6) is 0 Å². The molecule has 6 nitrogen and oxygen atoms in total. The van der Waals surface area contributed by atoms with Crippen molar-refractivity contribution in [2.45, 2.75) is 26.4 Å². The summed E-state index contributed by atoms with van der Waals surface area (Å²) in [5, 5.41) is 11.6. The number of anilines is 1. The molecule has 0 fully saturated rings. The number of aromatic nitrogens is 4. The van der Waals surface area contributed by atoms with Gasteiger partial charge in [0.15, 0.2) is 0 Å². The maximum absolute atomic E-state index is 13.0. The minimum atomic E-state index is -2.70. The number of hydrogen-bond donors (Lipinski definition) is 1. The molecule has 0 aliphatic rings. The zero-order chi connectivity index (χ0) is 19.6. The molecule has 2 aromatic heterocycles. The number of halogens is 4. The summed E-state index contributed by atoms with van der Waals surface area (Å²) in [5.41, 5.74) is 1.46. The minimum absolute atomic E-state index is 0.294. The number of benzene rings is 1. The van der Waals surface area contributed by atoms with Gasteiger partial charge in [-0.05, 0) is 30.7 Å². The van der Waals surface area contributed by atoms with Crippen molar-refractivity contribution in [3.8, 4) is 0 Å². The highest BCUT2D eigenvalue weighted by Gasteiger charge is 2.17. The number of amides is 1. The second kappa shape index (κ2) is 8.06. The van der Waals surface area contributed by atoms with Crippen molar-refractivity contribution in [1.82, 2.24) is 19.6 Å². The SMILES string of the molecule is Cc1cc(C(F)F)n(CC(=O)Nc2cnn(Cc3ccc(Cl)c(Cl)c3)c2)n1. The highest BCUT2D eigenvalue weighted by molar-refractivity contribution is 6.42. The lowest BCUT2D eigenvalue weighted by Crippen LogP contribution is -2.21. The molecular formula is C17H15Cl2F2N5O. The Hall–Kier alpha value is -2.45. The first kappa shape index (κ1) is 19.3. The molecule has 1 amide bonds. The number of carbonyl (C=O) groups is 1. The molecule has 0 spiro atoms. The van der Waals surface area contributed by atoms with Crippen LogP contribution in [0.25, 0.3) is 0 Å². The van der Waals surface area contributed by atoms with Crippen LogP contribution in [-0.2, 0) is 17.9 Å². The fraction of sp³-hybridized carbons (Fsp3) is 0.235. The first-order valence-electron chi connectivity index (χ1n) is 7.90. The Labute approximate surface area is 163 Å². The third-order valence-corrected chi connectivity index (χ3v) is 4.43. The van der Waals surface area contributed by atoms with Crippen molar-refractivity contribution in [3.63, 3.8) is 0 Å². The molecular weight excluding hydrogens is 399 g/mol. The molecule has 142 valence electrons. The Balaban J connectivity index is 1.63. The lowest BCUT2D eigenvalue weighted by atomic mass is 10.2. The number of alkyl halides is 2. The van der Waals surface area contributed by atoms with Gasteiger partial charge in [-0.15, -0.1) is 0 Å². The number of nitrogens with zero attached hydrogens (tertiary/aromatic N) is 4. The number of rotatable bonds is 6. The topological polar surface area (TPSA) is 64.7 Å². The predicted octanol–water partition coefficient (Wildman–Crippen LogP) is 4.32. The molecule has 3 rings (SSSR count). The molecule has 0 atom stereocenters. The number of hydrogen-bond acceptors (Lipinski definition) is 3. The Kier molecular flexibility index (Phi) is 5.76. The highest BCUT2D eigenvalue weighted by Crippen LogP contribution is 2.23. The maximum Gasteiger partial charge on any atom is 0.280 e. The third kappa shape index (κ3) is 4.84. The second-order valence-corrected chi connectivity index (χ2v) is 6.71. The molecule has 0 bridgehead atoms. The fourth-order valence-corrected chi connectivity index (χ4v) is 2.86. The first-order valence-corrected chi connectivity index (χ1v) is 8.66. The van der Waals surface area contributed by atoms with E-state index in [1.807, 2.05) is 6.07 Å². The molecule has 0 radical (unpaired) electrons. The third-order valence-electron chi connectivity index (χ3n) is 3.70. The Morgan fingerprint density at radius 1 is 1.26 bits per heavy atom. The molecule has 3 aromatic rings. The number of nitrogens with one attached hydrogen (secondary N) is 1. The van der Waals surface area contributed by atoms with E-state index in [4.69, 9.17) is 23.2 Å². The average Bonchev–Trinajstić information content (AvgIpc) is 3.17. The smallest absolute Gasteiger partial charge is 0.280 e. The monoisotopic (exact) mass is 413 g/mol. The van der Waals surface area contributed by atoms with Crippen LogP contribution < -0.4 is 5.32 Å². The molecule has 27 heavy (non-hydrogen) atoms. The molecule has 1 aromatic carbocycles. The van der Waals surface area contributed by atoms with E-state index in [0.717, 1.165) is 10.2 Å². The van der Waals surface area contributed by atoms with Crippen molar-refractivity contribution in [3.05, 3.63) is 63.7 Å². The molecule has 2 heterocycles. The Morgan fingerprint density at radius 2 is 2.04 bits per heavy atom. The van der Waals surface area contributed by atoms with E-state index in [1.54, 1.807) is 29.9 Å². The number of carbonyl (C=O) groups excluding carboxylic acids is 1. The van der Waals surface area contributed by atoms with E-state index in [-0.39, 0.29) is 12.2 Å². The maximum atomic E-state index is 13.0. The van der Waals surface area contributed by atoms with Crippen LogP contribution in [-0.4, -0.2) is 25.5 Å². The zero-order valence-electron chi connectivity index (χ0n) is 14.2. The average molecular weight is 414 g/mol. The number of aryl methyl sites for hydroxylation is 1. The van der Waals surface area contributed by atoms with Crippen LogP contribution in [0.4, 0.5) is 14.5 Å². The molecule has 10 heteroatoms. The summed E-state index contributed by atoms with van der Waals surface area (Å²) in [6.07, 6.45) is 0.397. The normalized spacial score (nSPS) is 11.2. The van der Waals surface area contributed by atoms with Gasteiger partial charge in [-0.1, -0.05) is 29.3 Å². The zero-order valence-corrected chi connectivity index (χ0v) is 15.7. The second-order valence-electron chi connectivity index (χ2n) is 5.89. The van der Waals surface area contributed by atoms with Crippen molar-refractivity contribution < 1.29 is 13.6 Å². The van der Waals surface area contributed by atoms with E-state index in [2.05, 4.69) is 15.5 Å². The van der Waals surface area contributed by atoms with Crippen LogP contribution in [0.15, 0.2) is 36.7 Å². The summed E-state index contributed by atoms with van der Waals surface area (Å²) < 4.78 is 28.5. The van der Waals surface area contributed by atoms with Gasteiger partial charge in [-0.2, -0.15) is 10.2 Å². The lowest BCUT2D eigenvalue weighted by molar-refractivity contribution is -0.117. The van der Waals surface area contributed by atoms with Gasteiger partial charge in [0, 0.05) is 6.20 Å². The molecule has 0 saturated heterocycles.